The fourth-order valence-corrected chi connectivity index (χ4v) is 3.42. The Hall–Kier alpha value is -1.72. The maximum absolute atomic E-state index is 13.8. The summed E-state index contributed by atoms with van der Waals surface area (Å²) in [6.45, 7) is 0. The number of halogens is 36. The van der Waals surface area contributed by atoms with Crippen molar-refractivity contribution in [3.8, 4) is 0 Å². The third kappa shape index (κ3) is 5.79. The molecule has 0 aliphatic heterocycles. The minimum atomic E-state index is -10.3. The summed E-state index contributed by atoms with van der Waals surface area (Å²) in [5.41, 5.74) is -9.45. The molecular formula is C17F35I. The predicted molar refractivity (Wildman–Crippen MR) is 99.2 cm³/mol. The Kier molecular flexibility index (Phi) is 11.7. The quantitative estimate of drug-likeness (QED) is 0.0924. The third-order valence-corrected chi connectivity index (χ3v) is 6.98. The van der Waals surface area contributed by atoms with Gasteiger partial charge in [0.2, 0.25) is 0 Å². The lowest BCUT2D eigenvalue weighted by Crippen LogP contribution is -2.80. The molecule has 0 saturated heterocycles. The van der Waals surface area contributed by atoms with Crippen molar-refractivity contribution in [2.24, 2.45) is 0 Å². The second-order valence-electron chi connectivity index (χ2n) is 9.62. The van der Waals surface area contributed by atoms with Crippen LogP contribution in [0.3, 0.4) is 0 Å². The van der Waals surface area contributed by atoms with E-state index in [2.05, 4.69) is 0 Å². The van der Waals surface area contributed by atoms with E-state index in [4.69, 9.17) is 0 Å². The minimum Gasteiger partial charge on any atom is -0.216 e. The van der Waals surface area contributed by atoms with Crippen LogP contribution in [0.2, 0.25) is 0 Å². The topological polar surface area (TPSA) is 0 Å². The molecule has 0 aromatic heterocycles. The third-order valence-electron chi connectivity index (χ3n) is 6.30. The van der Waals surface area contributed by atoms with Gasteiger partial charge in [-0.15, -0.1) is 0 Å². The zero-order valence-electron chi connectivity index (χ0n) is 22.1. The highest BCUT2D eigenvalue weighted by Crippen LogP contribution is 2.70. The molecule has 0 N–H and O–H groups in total. The zero-order chi connectivity index (χ0) is 44.5. The van der Waals surface area contributed by atoms with Crippen molar-refractivity contribution in [3.05, 3.63) is 0 Å². The van der Waals surface area contributed by atoms with Crippen LogP contribution in [-0.4, -0.2) is 98.9 Å². The molecule has 0 aliphatic carbocycles. The monoisotopic (exact) mass is 996 g/mol. The summed E-state index contributed by atoms with van der Waals surface area (Å²) in [6.07, 6.45) is -17.8. The van der Waals surface area contributed by atoms with Crippen LogP contribution in [0.4, 0.5) is 154 Å². The molecule has 0 heterocycles. The van der Waals surface area contributed by atoms with E-state index in [9.17, 15) is 154 Å². The highest BCUT2D eigenvalue weighted by atomic mass is 127. The van der Waals surface area contributed by atoms with E-state index < -0.39 is 122 Å². The van der Waals surface area contributed by atoms with Crippen molar-refractivity contribution in [1.82, 2.24) is 0 Å². The maximum atomic E-state index is 13.8. The van der Waals surface area contributed by atoms with Crippen LogP contribution in [0.15, 0.2) is 0 Å². The van der Waals surface area contributed by atoms with Crippen molar-refractivity contribution in [2.75, 3.05) is 0 Å². The lowest BCUT2D eigenvalue weighted by atomic mass is 9.81. The number of rotatable bonds is 14. The van der Waals surface area contributed by atoms with Gasteiger partial charge < -0.3 is 0 Å². The largest absolute Gasteiger partial charge is 0.438 e. The van der Waals surface area contributed by atoms with E-state index in [1.165, 1.54) is 0 Å². The second-order valence-corrected chi connectivity index (χ2v) is 11.0. The van der Waals surface area contributed by atoms with Crippen LogP contribution in [0, 0.1) is 0 Å². The van der Waals surface area contributed by atoms with Gasteiger partial charge in [0, 0.05) is 22.6 Å². The fraction of sp³-hybridized carbons (Fsp3) is 1.00. The number of alkyl halides is 36. The molecule has 0 aromatic carbocycles. The van der Waals surface area contributed by atoms with Crippen molar-refractivity contribution >= 4 is 22.6 Å². The van der Waals surface area contributed by atoms with Crippen molar-refractivity contribution in [2.45, 2.75) is 98.9 Å². The molecule has 36 heteroatoms. The van der Waals surface area contributed by atoms with Gasteiger partial charge in [-0.1, -0.05) is 0 Å². The van der Waals surface area contributed by atoms with Crippen molar-refractivity contribution in [3.63, 3.8) is 0 Å². The molecule has 320 valence electrons. The lowest BCUT2D eigenvalue weighted by Gasteiger charge is -2.47. The van der Waals surface area contributed by atoms with Crippen LogP contribution in [0.5, 0.6) is 0 Å². The summed E-state index contributed by atoms with van der Waals surface area (Å²) < 4.78 is 460. The number of hydrogen-bond donors (Lipinski definition) is 0. The molecule has 0 aromatic rings. The Morgan fingerprint density at radius 2 is 0.283 bits per heavy atom. The van der Waals surface area contributed by atoms with Crippen LogP contribution < -0.4 is 0 Å². The second kappa shape index (κ2) is 12.1. The highest BCUT2D eigenvalue weighted by Gasteiger charge is 3.02. The molecule has 0 saturated carbocycles. The Morgan fingerprint density at radius 3 is 0.396 bits per heavy atom. The van der Waals surface area contributed by atoms with Gasteiger partial charge in [0.15, 0.2) is 0 Å². The molecule has 0 nitrogen and oxygen atoms in total. The smallest absolute Gasteiger partial charge is 0.216 e. The van der Waals surface area contributed by atoms with Crippen molar-refractivity contribution < 1.29 is 154 Å². The van der Waals surface area contributed by atoms with Gasteiger partial charge in [-0.05, 0) is 0 Å². The van der Waals surface area contributed by atoms with E-state index in [1.54, 1.807) is 0 Å². The standard InChI is InChI=1S/C17F35I/c18-1(15(45,46)47,16(48,49)50)2(19,20)3(21,22)4(23,24)5(25,26)6(27,28)7(29,30)8(31,32)9(33,34)10(35,36)11(37,38)12(39,40)13(41,42)14(43,44)17(51,52)53. The molecule has 0 spiro atoms. The van der Waals surface area contributed by atoms with Gasteiger partial charge >= 0.3 is 98.9 Å². The summed E-state index contributed by atoms with van der Waals surface area (Å²) in [5.74, 6) is -128. The van der Waals surface area contributed by atoms with E-state index in [0.29, 0.717) is 0 Å². The number of hydrogen-bond acceptors (Lipinski definition) is 0. The van der Waals surface area contributed by atoms with Crippen LogP contribution >= 0.6 is 22.6 Å². The molecule has 0 unspecified atom stereocenters. The van der Waals surface area contributed by atoms with Crippen LogP contribution in [0.1, 0.15) is 0 Å². The molecule has 0 bridgehead atoms. The van der Waals surface area contributed by atoms with Crippen molar-refractivity contribution in [1.29, 1.82) is 0 Å². The Labute approximate surface area is 276 Å². The fourth-order valence-electron chi connectivity index (χ4n) is 3.08. The Bertz CT molecular complexity index is 1320. The Morgan fingerprint density at radius 1 is 0.170 bits per heavy atom. The average Bonchev–Trinajstić information content (AvgIpc) is 2.88. The SMILES string of the molecule is FC(F)(F)C(F)(C(F)(F)F)C(F)(F)C(F)(F)C(F)(F)C(F)(F)C(F)(F)C(F)(F)C(F)(F)C(F)(F)C(F)(F)C(F)(F)C(F)(F)C(F)(F)C(F)(F)C(F)(F)I. The summed E-state index contributed by atoms with van der Waals surface area (Å²) in [7, 11) is 0. The van der Waals surface area contributed by atoms with E-state index in [-0.39, 0.29) is 0 Å². The van der Waals surface area contributed by atoms with E-state index in [0.717, 1.165) is 0 Å². The first kappa shape index (κ1) is 51.3. The van der Waals surface area contributed by atoms with Gasteiger partial charge in [0.25, 0.3) is 0 Å². The van der Waals surface area contributed by atoms with E-state index in [1.807, 2.05) is 0 Å². The van der Waals surface area contributed by atoms with Crippen LogP contribution in [-0.2, 0) is 0 Å². The molecule has 0 atom stereocenters. The van der Waals surface area contributed by atoms with E-state index >= 15 is 0 Å². The van der Waals surface area contributed by atoms with Gasteiger partial charge in [-0.25, -0.2) is 4.39 Å². The normalized spacial score (nSPS) is 17.4. The molecule has 0 amide bonds. The lowest BCUT2D eigenvalue weighted by molar-refractivity contribution is -0.493. The maximum Gasteiger partial charge on any atom is 0.438 e. The summed E-state index contributed by atoms with van der Waals surface area (Å²) in [6, 6.07) is 0. The highest BCUT2D eigenvalue weighted by molar-refractivity contribution is 14.1. The molecule has 0 fully saturated rings. The first-order valence-electron chi connectivity index (χ1n) is 10.8. The summed E-state index contributed by atoms with van der Waals surface area (Å²) >= 11 is -1.43. The zero-order valence-corrected chi connectivity index (χ0v) is 24.3. The van der Waals surface area contributed by atoms with Gasteiger partial charge in [0.1, 0.15) is 0 Å². The molecule has 0 radical (unpaired) electrons. The first-order chi connectivity index (χ1) is 22.0. The Balaban J connectivity index is 7.87. The van der Waals surface area contributed by atoms with Gasteiger partial charge in [0.05, 0.1) is 0 Å². The summed E-state index contributed by atoms with van der Waals surface area (Å²) in [4.78, 5) is 0. The molecule has 53 heavy (non-hydrogen) atoms. The van der Waals surface area contributed by atoms with Crippen LogP contribution in [0.25, 0.3) is 0 Å². The first-order valence-corrected chi connectivity index (χ1v) is 11.9. The van der Waals surface area contributed by atoms with Gasteiger partial charge in [-0.3, -0.25) is 0 Å². The molecule has 0 rings (SSSR count). The average molecular weight is 996 g/mol. The van der Waals surface area contributed by atoms with Gasteiger partial charge in [-0.2, -0.15) is 149 Å². The molecular weight excluding hydrogens is 996 g/mol. The predicted octanol–water partition coefficient (Wildman–Crippen LogP) is 12.1. The molecule has 0 aliphatic rings. The minimum absolute atomic E-state index is 1.43. The summed E-state index contributed by atoms with van der Waals surface area (Å²) in [5, 5.41) is 0.